The highest BCUT2D eigenvalue weighted by Crippen LogP contribution is 2.17. The van der Waals surface area contributed by atoms with Gasteiger partial charge in [0.15, 0.2) is 0 Å². The van der Waals surface area contributed by atoms with Crippen molar-refractivity contribution in [3.05, 3.63) is 90.0 Å². The van der Waals surface area contributed by atoms with E-state index in [1.165, 1.54) is 0 Å². The van der Waals surface area contributed by atoms with Gasteiger partial charge in [0.25, 0.3) is 5.91 Å². The van der Waals surface area contributed by atoms with Crippen molar-refractivity contribution in [2.45, 2.75) is 12.8 Å². The topological polar surface area (TPSA) is 67.9 Å². The summed E-state index contributed by atoms with van der Waals surface area (Å²) >= 11 is 0. The number of rotatable bonds is 10. The van der Waals surface area contributed by atoms with E-state index in [1.807, 2.05) is 60.7 Å². The molecule has 0 aliphatic heterocycles. The van der Waals surface area contributed by atoms with Crippen LogP contribution in [0.25, 0.3) is 0 Å². The number of amides is 2. The number of hydrogen-bond acceptors (Lipinski definition) is 4. The second-order valence-electron chi connectivity index (χ2n) is 7.48. The first kappa shape index (κ1) is 22.9. The van der Waals surface area contributed by atoms with Crippen LogP contribution in [0.4, 0.5) is 5.69 Å². The maximum atomic E-state index is 12.6. The zero-order valence-electron chi connectivity index (χ0n) is 18.4. The summed E-state index contributed by atoms with van der Waals surface area (Å²) in [6, 6.07) is 24.1. The fourth-order valence-electron chi connectivity index (χ4n) is 3.00. The zero-order chi connectivity index (χ0) is 22.8. The monoisotopic (exact) mass is 432 g/mol. The van der Waals surface area contributed by atoms with E-state index in [2.05, 4.69) is 5.32 Å². The van der Waals surface area contributed by atoms with Gasteiger partial charge in [0.1, 0.15) is 24.7 Å². The Morgan fingerprint density at radius 3 is 2.16 bits per heavy atom. The Hall–Kier alpha value is -3.80. The van der Waals surface area contributed by atoms with Gasteiger partial charge in [-0.25, -0.2) is 0 Å². The normalized spacial score (nSPS) is 10.3. The van der Waals surface area contributed by atoms with Crippen LogP contribution in [0.15, 0.2) is 78.9 Å². The molecule has 6 heteroatoms. The molecule has 0 aliphatic rings. The summed E-state index contributed by atoms with van der Waals surface area (Å²) in [4.78, 5) is 25.9. The molecule has 0 saturated heterocycles. The van der Waals surface area contributed by atoms with Crippen LogP contribution >= 0.6 is 0 Å². The average molecular weight is 433 g/mol. The highest BCUT2D eigenvalue weighted by Gasteiger charge is 2.09. The predicted molar refractivity (Wildman–Crippen MR) is 125 cm³/mol. The molecule has 3 aromatic rings. The van der Waals surface area contributed by atoms with Crippen molar-refractivity contribution in [2.24, 2.45) is 0 Å². The van der Waals surface area contributed by atoms with Crippen molar-refractivity contribution in [1.29, 1.82) is 0 Å². The maximum absolute atomic E-state index is 12.6. The molecule has 166 valence electrons. The molecule has 0 aliphatic carbocycles. The van der Waals surface area contributed by atoms with E-state index in [0.717, 1.165) is 11.3 Å². The largest absolute Gasteiger partial charge is 0.490 e. The minimum atomic E-state index is -0.216. The third-order valence-electron chi connectivity index (χ3n) is 4.80. The molecular weight excluding hydrogens is 404 g/mol. The van der Waals surface area contributed by atoms with Crippen molar-refractivity contribution in [2.75, 3.05) is 32.6 Å². The van der Waals surface area contributed by atoms with E-state index < -0.39 is 0 Å². The Morgan fingerprint density at radius 1 is 0.812 bits per heavy atom. The molecule has 0 atom stereocenters. The first-order valence-corrected chi connectivity index (χ1v) is 10.5. The standard InChI is InChI=1S/C26H28N2O4/c1-28(2)25(29)16-13-20-11-14-22(15-12-20)27-26(30)21-7-6-10-24(19-21)32-18-17-31-23-8-4-3-5-9-23/h3-12,14-15,19H,13,16-18H2,1-2H3,(H,27,30). The van der Waals surface area contributed by atoms with Crippen LogP contribution in [0, 0.1) is 0 Å². The van der Waals surface area contributed by atoms with Crippen LogP contribution in [-0.4, -0.2) is 44.0 Å². The number of carbonyl (C=O) groups is 2. The molecule has 3 aromatic carbocycles. The Kier molecular flexibility index (Phi) is 8.26. The third-order valence-corrected chi connectivity index (χ3v) is 4.80. The SMILES string of the molecule is CN(C)C(=O)CCc1ccc(NC(=O)c2cccc(OCCOc3ccccc3)c2)cc1. The predicted octanol–water partition coefficient (Wildman–Crippen LogP) is 4.42. The number of carbonyl (C=O) groups excluding carboxylic acids is 2. The smallest absolute Gasteiger partial charge is 0.255 e. The number of nitrogens with one attached hydrogen (secondary N) is 1. The summed E-state index contributed by atoms with van der Waals surface area (Å²) in [6.45, 7) is 0.782. The van der Waals surface area contributed by atoms with Crippen LogP contribution in [0.2, 0.25) is 0 Å². The molecule has 6 nitrogen and oxygen atoms in total. The molecule has 32 heavy (non-hydrogen) atoms. The number of ether oxygens (including phenoxy) is 2. The zero-order valence-corrected chi connectivity index (χ0v) is 18.4. The molecule has 3 rings (SSSR count). The highest BCUT2D eigenvalue weighted by molar-refractivity contribution is 6.04. The third kappa shape index (κ3) is 7.16. The van der Waals surface area contributed by atoms with Gasteiger partial charge in [-0.15, -0.1) is 0 Å². The first-order valence-electron chi connectivity index (χ1n) is 10.5. The summed E-state index contributed by atoms with van der Waals surface area (Å²) in [5.41, 5.74) is 2.25. The van der Waals surface area contributed by atoms with E-state index in [0.29, 0.717) is 43.1 Å². The number of benzene rings is 3. The molecule has 0 fully saturated rings. The maximum Gasteiger partial charge on any atom is 0.255 e. The molecule has 0 radical (unpaired) electrons. The van der Waals surface area contributed by atoms with Crippen molar-refractivity contribution in [1.82, 2.24) is 4.90 Å². The van der Waals surface area contributed by atoms with Gasteiger partial charge in [-0.05, 0) is 54.4 Å². The second kappa shape index (κ2) is 11.6. The van der Waals surface area contributed by atoms with Crippen molar-refractivity contribution >= 4 is 17.5 Å². The lowest BCUT2D eigenvalue weighted by molar-refractivity contribution is -0.128. The lowest BCUT2D eigenvalue weighted by Gasteiger charge is -2.11. The fraction of sp³-hybridized carbons (Fsp3) is 0.231. The van der Waals surface area contributed by atoms with Gasteiger partial charge in [-0.2, -0.15) is 0 Å². The van der Waals surface area contributed by atoms with E-state index in [4.69, 9.17) is 9.47 Å². The molecule has 0 heterocycles. The van der Waals surface area contributed by atoms with Gasteiger partial charge in [0, 0.05) is 31.8 Å². The van der Waals surface area contributed by atoms with Crippen LogP contribution in [0.5, 0.6) is 11.5 Å². The van der Waals surface area contributed by atoms with E-state index in [1.54, 1.807) is 37.2 Å². The van der Waals surface area contributed by atoms with E-state index >= 15 is 0 Å². The summed E-state index contributed by atoms with van der Waals surface area (Å²) in [7, 11) is 3.50. The Balaban J connectivity index is 1.48. The number of hydrogen-bond donors (Lipinski definition) is 1. The number of aryl methyl sites for hydroxylation is 1. The van der Waals surface area contributed by atoms with Crippen molar-refractivity contribution < 1.29 is 19.1 Å². The lowest BCUT2D eigenvalue weighted by atomic mass is 10.1. The van der Waals surface area contributed by atoms with Crippen molar-refractivity contribution in [3.63, 3.8) is 0 Å². The van der Waals surface area contributed by atoms with Gasteiger partial charge in [-0.3, -0.25) is 9.59 Å². The Bertz CT molecular complexity index is 1020. The van der Waals surface area contributed by atoms with Gasteiger partial charge in [0.2, 0.25) is 5.91 Å². The fourth-order valence-corrected chi connectivity index (χ4v) is 3.00. The Morgan fingerprint density at radius 2 is 1.47 bits per heavy atom. The van der Waals surface area contributed by atoms with Gasteiger partial charge >= 0.3 is 0 Å². The van der Waals surface area contributed by atoms with Crippen LogP contribution < -0.4 is 14.8 Å². The van der Waals surface area contributed by atoms with Crippen LogP contribution in [-0.2, 0) is 11.2 Å². The van der Waals surface area contributed by atoms with Gasteiger partial charge in [0.05, 0.1) is 0 Å². The van der Waals surface area contributed by atoms with Crippen LogP contribution in [0.3, 0.4) is 0 Å². The molecular formula is C26H28N2O4. The average Bonchev–Trinajstić information content (AvgIpc) is 2.82. The number of para-hydroxylation sites is 1. The summed E-state index contributed by atoms with van der Waals surface area (Å²) in [5, 5.41) is 2.89. The minimum absolute atomic E-state index is 0.0936. The lowest BCUT2D eigenvalue weighted by Crippen LogP contribution is -2.21. The molecule has 0 bridgehead atoms. The number of anilines is 1. The first-order chi connectivity index (χ1) is 15.5. The molecule has 0 aromatic heterocycles. The van der Waals surface area contributed by atoms with Gasteiger partial charge < -0.3 is 19.7 Å². The Labute approximate surface area is 188 Å². The minimum Gasteiger partial charge on any atom is -0.490 e. The quantitative estimate of drug-likeness (QED) is 0.482. The van der Waals surface area contributed by atoms with Gasteiger partial charge in [-0.1, -0.05) is 36.4 Å². The molecule has 1 N–H and O–H groups in total. The molecule has 0 spiro atoms. The highest BCUT2D eigenvalue weighted by atomic mass is 16.5. The number of nitrogens with zero attached hydrogens (tertiary/aromatic N) is 1. The van der Waals surface area contributed by atoms with Crippen molar-refractivity contribution in [3.8, 4) is 11.5 Å². The second-order valence-corrected chi connectivity index (χ2v) is 7.48. The van der Waals surface area contributed by atoms with E-state index in [9.17, 15) is 9.59 Å². The molecule has 2 amide bonds. The van der Waals surface area contributed by atoms with E-state index in [-0.39, 0.29) is 11.8 Å². The summed E-state index contributed by atoms with van der Waals surface area (Å²) < 4.78 is 11.3. The molecule has 0 saturated carbocycles. The summed E-state index contributed by atoms with van der Waals surface area (Å²) in [6.07, 6.45) is 1.13. The van der Waals surface area contributed by atoms with Crippen LogP contribution in [0.1, 0.15) is 22.3 Å². The molecule has 0 unspecified atom stereocenters. The summed E-state index contributed by atoms with van der Waals surface area (Å²) in [5.74, 6) is 1.28.